The molecule has 0 saturated heterocycles. The second-order valence-electron chi connectivity index (χ2n) is 25.2. The minimum Gasteiger partial charge on any atom is -0.545 e. The van der Waals surface area contributed by atoms with E-state index in [9.17, 15) is 19.5 Å². The standard InChI is InChI=1S/C75H135NO8/c1-6-8-10-12-14-16-18-20-22-24-26-27-28-29-30-31-32-33-34-35-36-37-38-39-40-41-42-43-44-45-46-47-48-50-52-54-56-58-60-62-64-66-73(78)84-71(70-83-75(74(79)80)81-68-67-76(3,4)5)69-82-72(77)65-63-61-59-57-55-53-51-49-25-23-21-19-17-15-13-11-9-7-2/h8,10,14,16,20,22,26-27,29-30,32-33,71,75H,6-7,9,11-13,15,17-19,21,23-25,28,31,34-70H2,1-5H3/b10-8-,16-14-,22-20-,27-26-,30-29-,33-32-. The summed E-state index contributed by atoms with van der Waals surface area (Å²) >= 11 is 0. The second-order valence-corrected chi connectivity index (χ2v) is 25.2. The topological polar surface area (TPSA) is 111 Å². The number of esters is 2. The third-order valence-electron chi connectivity index (χ3n) is 15.7. The van der Waals surface area contributed by atoms with Gasteiger partial charge in [0.1, 0.15) is 13.2 Å². The molecule has 0 radical (unpaired) electrons. The van der Waals surface area contributed by atoms with E-state index in [1.807, 2.05) is 21.1 Å². The Kier molecular flexibility index (Phi) is 63.1. The number of unbranched alkanes of at least 4 members (excludes halogenated alkanes) is 39. The minimum atomic E-state index is -1.62. The van der Waals surface area contributed by atoms with Crippen LogP contribution in [0.1, 0.15) is 328 Å². The molecule has 0 spiro atoms. The lowest BCUT2D eigenvalue weighted by molar-refractivity contribution is -0.870. The number of quaternary nitrogens is 1. The van der Waals surface area contributed by atoms with Crippen LogP contribution in [0.3, 0.4) is 0 Å². The first kappa shape index (κ1) is 80.7. The van der Waals surface area contributed by atoms with Gasteiger partial charge in [0.2, 0.25) is 0 Å². The highest BCUT2D eigenvalue weighted by molar-refractivity contribution is 5.70. The third kappa shape index (κ3) is 66.3. The average molecular weight is 1180 g/mol. The Morgan fingerprint density at radius 2 is 0.679 bits per heavy atom. The van der Waals surface area contributed by atoms with Crippen LogP contribution in [0.4, 0.5) is 0 Å². The van der Waals surface area contributed by atoms with Crippen molar-refractivity contribution in [3.63, 3.8) is 0 Å². The highest BCUT2D eigenvalue weighted by Gasteiger charge is 2.22. The molecule has 488 valence electrons. The fraction of sp³-hybridized carbons (Fsp3) is 0.800. The second kappa shape index (κ2) is 65.7. The van der Waals surface area contributed by atoms with E-state index >= 15 is 0 Å². The molecular weight excluding hydrogens is 1040 g/mol. The van der Waals surface area contributed by atoms with Crippen molar-refractivity contribution in [1.29, 1.82) is 0 Å². The Balaban J connectivity index is 3.97. The number of carbonyl (C=O) groups excluding carboxylic acids is 3. The smallest absolute Gasteiger partial charge is 0.306 e. The normalized spacial score (nSPS) is 13.1. The maximum Gasteiger partial charge on any atom is 0.306 e. The third-order valence-corrected chi connectivity index (χ3v) is 15.7. The number of allylic oxidation sites excluding steroid dienone is 12. The summed E-state index contributed by atoms with van der Waals surface area (Å²) in [6.07, 6.45) is 84.3. The van der Waals surface area contributed by atoms with Crippen molar-refractivity contribution in [2.45, 2.75) is 341 Å². The van der Waals surface area contributed by atoms with Gasteiger partial charge in [0.05, 0.1) is 40.3 Å². The molecule has 0 aromatic carbocycles. The summed E-state index contributed by atoms with van der Waals surface area (Å²) in [5.74, 6) is -2.26. The lowest BCUT2D eigenvalue weighted by Gasteiger charge is -2.26. The molecule has 84 heavy (non-hydrogen) atoms. The van der Waals surface area contributed by atoms with Crippen molar-refractivity contribution in [3.8, 4) is 0 Å². The van der Waals surface area contributed by atoms with E-state index in [0.717, 1.165) is 70.6 Å². The van der Waals surface area contributed by atoms with Crippen LogP contribution in [0.25, 0.3) is 0 Å². The SMILES string of the molecule is CC/C=C\C/C=C\C/C=C\C/C=C\C/C=C\C/C=C\CCCCCCCCCCCCCCCCCCCCCCCCC(=O)OC(COC(=O)CCCCCCCCCCCCCCCCCCCC)COC(OCC[N+](C)(C)C)C(=O)[O-]. The van der Waals surface area contributed by atoms with Gasteiger partial charge < -0.3 is 33.3 Å². The maximum absolute atomic E-state index is 12.9. The highest BCUT2D eigenvalue weighted by Crippen LogP contribution is 2.18. The maximum atomic E-state index is 12.9. The summed E-state index contributed by atoms with van der Waals surface area (Å²) in [5, 5.41) is 11.8. The van der Waals surface area contributed by atoms with Gasteiger partial charge in [-0.05, 0) is 64.2 Å². The molecule has 9 nitrogen and oxygen atoms in total. The van der Waals surface area contributed by atoms with Crippen molar-refractivity contribution in [2.24, 2.45) is 0 Å². The number of carbonyl (C=O) groups is 3. The molecule has 9 heteroatoms. The van der Waals surface area contributed by atoms with Gasteiger partial charge in [0.25, 0.3) is 0 Å². The van der Waals surface area contributed by atoms with Crippen molar-refractivity contribution in [2.75, 3.05) is 47.5 Å². The molecule has 0 amide bonds. The fourth-order valence-electron chi connectivity index (χ4n) is 10.3. The molecule has 0 rings (SSSR count). The predicted molar refractivity (Wildman–Crippen MR) is 357 cm³/mol. The predicted octanol–water partition coefficient (Wildman–Crippen LogP) is 20.7. The van der Waals surface area contributed by atoms with Gasteiger partial charge >= 0.3 is 11.9 Å². The average Bonchev–Trinajstić information content (AvgIpc) is 3.52. The Labute approximate surface area is 519 Å². The number of rotatable bonds is 66. The van der Waals surface area contributed by atoms with Crippen molar-refractivity contribution in [3.05, 3.63) is 72.9 Å². The summed E-state index contributed by atoms with van der Waals surface area (Å²) < 4.78 is 22.8. The van der Waals surface area contributed by atoms with E-state index in [0.29, 0.717) is 23.9 Å². The molecule has 0 bridgehead atoms. The first-order chi connectivity index (χ1) is 41.1. The van der Waals surface area contributed by atoms with Crippen molar-refractivity contribution in [1.82, 2.24) is 0 Å². The van der Waals surface area contributed by atoms with Crippen LogP contribution < -0.4 is 5.11 Å². The summed E-state index contributed by atoms with van der Waals surface area (Å²) in [6, 6.07) is 0. The monoisotopic (exact) mass is 1180 g/mol. The van der Waals surface area contributed by atoms with Crippen LogP contribution in [0.2, 0.25) is 0 Å². The van der Waals surface area contributed by atoms with Gasteiger partial charge in [-0.15, -0.1) is 0 Å². The molecule has 0 aliphatic heterocycles. The molecule has 0 N–H and O–H groups in total. The molecule has 0 saturated carbocycles. The van der Waals surface area contributed by atoms with E-state index in [-0.39, 0.29) is 32.2 Å². The van der Waals surface area contributed by atoms with Crippen LogP contribution in [-0.4, -0.2) is 82.3 Å². The van der Waals surface area contributed by atoms with Gasteiger partial charge in [-0.1, -0.05) is 324 Å². The largest absolute Gasteiger partial charge is 0.545 e. The molecule has 0 fully saturated rings. The summed E-state index contributed by atoms with van der Waals surface area (Å²) in [4.78, 5) is 37.4. The van der Waals surface area contributed by atoms with Crippen molar-refractivity contribution < 1.29 is 42.9 Å². The Morgan fingerprint density at radius 1 is 0.369 bits per heavy atom. The van der Waals surface area contributed by atoms with Crippen molar-refractivity contribution >= 4 is 17.9 Å². The Morgan fingerprint density at radius 3 is 1.01 bits per heavy atom. The van der Waals surface area contributed by atoms with Gasteiger partial charge in [0.15, 0.2) is 12.4 Å². The number of hydrogen-bond acceptors (Lipinski definition) is 8. The summed E-state index contributed by atoms with van der Waals surface area (Å²) in [6.45, 7) is 4.69. The van der Waals surface area contributed by atoms with E-state index < -0.39 is 24.3 Å². The molecule has 0 aromatic rings. The van der Waals surface area contributed by atoms with E-state index in [2.05, 4.69) is 86.8 Å². The number of aliphatic carboxylic acids is 1. The number of nitrogens with zero attached hydrogens (tertiary/aromatic N) is 1. The zero-order chi connectivity index (χ0) is 61.2. The Bertz CT molecular complexity index is 1610. The van der Waals surface area contributed by atoms with Crippen LogP contribution in [0, 0.1) is 0 Å². The quantitative estimate of drug-likeness (QED) is 0.0195. The lowest BCUT2D eigenvalue weighted by atomic mass is 10.0. The number of hydrogen-bond donors (Lipinski definition) is 0. The molecular formula is C75H135NO8. The van der Waals surface area contributed by atoms with Gasteiger partial charge in [-0.25, -0.2) is 0 Å². The number of carboxylic acids is 1. The fourth-order valence-corrected chi connectivity index (χ4v) is 10.3. The first-order valence-electron chi connectivity index (χ1n) is 35.6. The first-order valence-corrected chi connectivity index (χ1v) is 35.6. The van der Waals surface area contributed by atoms with Crippen LogP contribution in [0.15, 0.2) is 72.9 Å². The van der Waals surface area contributed by atoms with Crippen LogP contribution in [-0.2, 0) is 33.3 Å². The lowest BCUT2D eigenvalue weighted by Crippen LogP contribution is -2.44. The van der Waals surface area contributed by atoms with E-state index in [1.165, 1.54) is 225 Å². The zero-order valence-corrected chi connectivity index (χ0v) is 55.8. The Hall–Kier alpha value is -3.27. The highest BCUT2D eigenvalue weighted by atomic mass is 16.7. The number of carboxylic acid groups (broad SMARTS) is 1. The molecule has 0 aliphatic carbocycles. The minimum absolute atomic E-state index is 0.150. The van der Waals surface area contributed by atoms with Gasteiger partial charge in [-0.3, -0.25) is 9.59 Å². The number of ether oxygens (including phenoxy) is 4. The zero-order valence-electron chi connectivity index (χ0n) is 55.8. The molecule has 0 aromatic heterocycles. The summed E-state index contributed by atoms with van der Waals surface area (Å²) in [7, 11) is 5.94. The van der Waals surface area contributed by atoms with E-state index in [4.69, 9.17) is 18.9 Å². The molecule has 0 aliphatic rings. The molecule has 2 atom stereocenters. The van der Waals surface area contributed by atoms with Crippen LogP contribution in [0.5, 0.6) is 0 Å². The number of likely N-dealkylation sites (N-methyl/N-ethyl adjacent to an activating group) is 1. The van der Waals surface area contributed by atoms with Crippen LogP contribution >= 0.6 is 0 Å². The molecule has 0 heterocycles. The van der Waals surface area contributed by atoms with E-state index in [1.54, 1.807) is 0 Å². The van der Waals surface area contributed by atoms with Gasteiger partial charge in [0, 0.05) is 12.8 Å². The summed E-state index contributed by atoms with van der Waals surface area (Å²) in [5.41, 5.74) is 0. The molecule has 2 unspecified atom stereocenters. The van der Waals surface area contributed by atoms with Gasteiger partial charge in [-0.2, -0.15) is 0 Å².